The van der Waals surface area contributed by atoms with Gasteiger partial charge in [-0.25, -0.2) is 21.5 Å². The molecule has 33 heavy (non-hydrogen) atoms. The lowest BCUT2D eigenvalue weighted by molar-refractivity contribution is 0.00424. The Hall–Kier alpha value is -2.25. The van der Waals surface area contributed by atoms with Crippen molar-refractivity contribution < 1.29 is 35.2 Å². The first-order valence-electron chi connectivity index (χ1n) is 10.4. The third-order valence-electron chi connectivity index (χ3n) is 5.84. The molecule has 2 aliphatic heterocycles. The molecule has 0 radical (unpaired) electrons. The number of piperidine rings is 1. The van der Waals surface area contributed by atoms with Crippen LogP contribution >= 0.6 is 0 Å². The van der Waals surface area contributed by atoms with Gasteiger partial charge in [0.15, 0.2) is 17.4 Å². The molecule has 8 nitrogen and oxygen atoms in total. The summed E-state index contributed by atoms with van der Waals surface area (Å²) >= 11 is 0. The predicted octanol–water partition coefficient (Wildman–Crippen LogP) is 2.86. The number of hydrogen-bond donors (Lipinski definition) is 0. The van der Waals surface area contributed by atoms with Crippen molar-refractivity contribution in [2.45, 2.75) is 44.3 Å². The zero-order chi connectivity index (χ0) is 24.0. The predicted molar refractivity (Wildman–Crippen MR) is 108 cm³/mol. The summed E-state index contributed by atoms with van der Waals surface area (Å²) in [5, 5.41) is 3.25. The molecule has 0 amide bonds. The lowest BCUT2D eigenvalue weighted by Gasteiger charge is -2.38. The highest BCUT2D eigenvalue weighted by molar-refractivity contribution is 7.88. The number of ether oxygens (including phenoxy) is 1. The fourth-order valence-electron chi connectivity index (χ4n) is 4.03. The summed E-state index contributed by atoms with van der Waals surface area (Å²) in [6.45, 7) is 2.03. The number of likely N-dealkylation sites (tertiary alicyclic amines) is 1. The van der Waals surface area contributed by atoms with E-state index in [0.29, 0.717) is 51.5 Å². The number of halogens is 4. The fraction of sp³-hybridized carbons (Fsp3) is 0.600. The zero-order valence-electron chi connectivity index (χ0n) is 18.1. The van der Waals surface area contributed by atoms with E-state index < -0.39 is 45.3 Å². The summed E-state index contributed by atoms with van der Waals surface area (Å²) in [4.78, 5) is 5.41. The molecule has 2 aliphatic rings. The molecular weight excluding hydrogens is 468 g/mol. The Morgan fingerprint density at radius 2 is 1.79 bits per heavy atom. The second-order valence-electron chi connectivity index (χ2n) is 8.58. The van der Waals surface area contributed by atoms with Crippen molar-refractivity contribution in [1.82, 2.24) is 19.3 Å². The number of alkyl halides is 2. The van der Waals surface area contributed by atoms with Crippen LogP contribution in [0.3, 0.4) is 0 Å². The molecule has 0 atom stereocenters. The van der Waals surface area contributed by atoms with Gasteiger partial charge in [0.25, 0.3) is 0 Å². The van der Waals surface area contributed by atoms with Crippen molar-refractivity contribution in [3.63, 3.8) is 0 Å². The van der Waals surface area contributed by atoms with Gasteiger partial charge in [0.05, 0.1) is 12.8 Å². The molecule has 4 rings (SSSR count). The van der Waals surface area contributed by atoms with Gasteiger partial charge in [-0.2, -0.15) is 13.8 Å². The topological polar surface area (TPSA) is 88.8 Å². The second-order valence-corrected chi connectivity index (χ2v) is 10.6. The molecule has 182 valence electrons. The van der Waals surface area contributed by atoms with E-state index in [-0.39, 0.29) is 18.4 Å². The maximum atomic E-state index is 14.6. The molecule has 1 aromatic carbocycles. The molecule has 2 fully saturated rings. The number of aromatic nitrogens is 2. The van der Waals surface area contributed by atoms with Gasteiger partial charge in [0, 0.05) is 33.1 Å². The molecule has 0 unspecified atom stereocenters. The first kappa shape index (κ1) is 23.9. The Morgan fingerprint density at radius 1 is 1.18 bits per heavy atom. The smallest absolute Gasteiger partial charge is 0.307 e. The first-order chi connectivity index (χ1) is 15.4. The van der Waals surface area contributed by atoms with E-state index in [1.165, 1.54) is 16.4 Å². The Labute approximate surface area is 188 Å². The van der Waals surface area contributed by atoms with Gasteiger partial charge in [-0.15, -0.1) is 0 Å². The molecule has 3 heterocycles. The normalized spacial score (nSPS) is 19.6. The van der Waals surface area contributed by atoms with Gasteiger partial charge < -0.3 is 9.26 Å². The minimum atomic E-state index is -3.28. The largest absolute Gasteiger partial charge is 0.482 e. The summed E-state index contributed by atoms with van der Waals surface area (Å²) in [5.41, 5.74) is 0.473. The molecule has 0 aliphatic carbocycles. The van der Waals surface area contributed by atoms with Gasteiger partial charge in [0.1, 0.15) is 6.10 Å². The number of nitrogens with zero attached hydrogens (tertiary/aromatic N) is 4. The SMILES string of the molecule is CC(F)(F)c1noc(CN2CC(Oc3c(F)cc(C4CCN(S(C)(=O)=O)CC4)cc3F)C2)n1. The second kappa shape index (κ2) is 8.84. The van der Waals surface area contributed by atoms with Crippen LogP contribution in [0, 0.1) is 11.6 Å². The van der Waals surface area contributed by atoms with E-state index in [2.05, 4.69) is 10.1 Å². The Morgan fingerprint density at radius 3 is 2.30 bits per heavy atom. The maximum absolute atomic E-state index is 14.6. The van der Waals surface area contributed by atoms with Gasteiger partial charge in [-0.05, 0) is 36.5 Å². The third kappa shape index (κ3) is 5.46. The molecule has 0 N–H and O–H groups in total. The van der Waals surface area contributed by atoms with E-state index in [9.17, 15) is 26.0 Å². The Bertz CT molecular complexity index is 1080. The summed E-state index contributed by atoms with van der Waals surface area (Å²) in [6, 6.07) is 2.47. The number of sulfonamides is 1. The van der Waals surface area contributed by atoms with E-state index >= 15 is 0 Å². The van der Waals surface area contributed by atoms with E-state index in [0.717, 1.165) is 6.26 Å². The quantitative estimate of drug-likeness (QED) is 0.549. The van der Waals surface area contributed by atoms with E-state index in [1.807, 2.05) is 0 Å². The van der Waals surface area contributed by atoms with E-state index in [1.54, 1.807) is 4.90 Å². The molecule has 0 bridgehead atoms. The van der Waals surface area contributed by atoms with Crippen molar-refractivity contribution in [2.75, 3.05) is 32.4 Å². The molecule has 2 saturated heterocycles. The average Bonchev–Trinajstić information content (AvgIpc) is 3.17. The molecule has 0 saturated carbocycles. The van der Waals surface area contributed by atoms with Crippen LogP contribution in [0.25, 0.3) is 0 Å². The van der Waals surface area contributed by atoms with Crippen LogP contribution in [-0.2, 0) is 22.5 Å². The average molecular weight is 492 g/mol. The molecule has 2 aromatic rings. The highest BCUT2D eigenvalue weighted by Crippen LogP contribution is 2.34. The van der Waals surface area contributed by atoms with Crippen molar-refractivity contribution >= 4 is 10.0 Å². The van der Waals surface area contributed by atoms with Crippen molar-refractivity contribution in [1.29, 1.82) is 0 Å². The monoisotopic (exact) mass is 492 g/mol. The molecular formula is C20H24F4N4O4S. The maximum Gasteiger partial charge on any atom is 0.307 e. The number of benzene rings is 1. The van der Waals surface area contributed by atoms with Crippen molar-refractivity contribution in [3.05, 3.63) is 41.0 Å². The van der Waals surface area contributed by atoms with Crippen LogP contribution in [0.1, 0.15) is 43.0 Å². The van der Waals surface area contributed by atoms with Crippen LogP contribution in [-0.4, -0.2) is 66.3 Å². The van der Waals surface area contributed by atoms with Crippen LogP contribution in [0.4, 0.5) is 17.6 Å². The van der Waals surface area contributed by atoms with Crippen LogP contribution in [0.15, 0.2) is 16.7 Å². The van der Waals surface area contributed by atoms with E-state index in [4.69, 9.17) is 9.26 Å². The summed E-state index contributed by atoms with van der Waals surface area (Å²) < 4.78 is 90.5. The highest BCUT2D eigenvalue weighted by atomic mass is 32.2. The summed E-state index contributed by atoms with van der Waals surface area (Å²) in [5.74, 6) is -6.13. The molecule has 1 aromatic heterocycles. The van der Waals surface area contributed by atoms with Gasteiger partial charge in [-0.3, -0.25) is 4.90 Å². The standard InChI is InChI=1S/C20H24F4N4O4S/c1-20(23,24)19-25-17(32-26-19)11-27-9-14(10-27)31-18-15(21)7-13(8-16(18)22)12-3-5-28(6-4-12)33(2,29)30/h7-8,12,14H,3-6,9-11H2,1-2H3. The third-order valence-corrected chi connectivity index (χ3v) is 7.15. The Kier molecular flexibility index (Phi) is 6.40. The van der Waals surface area contributed by atoms with Gasteiger partial charge in [-0.1, -0.05) is 5.16 Å². The number of rotatable bonds is 7. The van der Waals surface area contributed by atoms with Crippen LogP contribution in [0.5, 0.6) is 5.75 Å². The summed E-state index contributed by atoms with van der Waals surface area (Å²) in [7, 11) is -3.28. The molecule has 13 heteroatoms. The fourth-order valence-corrected chi connectivity index (χ4v) is 4.90. The highest BCUT2D eigenvalue weighted by Gasteiger charge is 2.35. The number of hydrogen-bond acceptors (Lipinski definition) is 7. The summed E-state index contributed by atoms with van der Waals surface area (Å²) in [6.07, 6.45) is 1.62. The minimum Gasteiger partial charge on any atom is -0.482 e. The van der Waals surface area contributed by atoms with Crippen molar-refractivity contribution in [2.24, 2.45) is 0 Å². The van der Waals surface area contributed by atoms with Gasteiger partial charge >= 0.3 is 5.92 Å². The minimum absolute atomic E-state index is 0.0219. The van der Waals surface area contributed by atoms with Crippen molar-refractivity contribution in [3.8, 4) is 5.75 Å². The lowest BCUT2D eigenvalue weighted by Crippen LogP contribution is -2.53. The van der Waals surface area contributed by atoms with Gasteiger partial charge in [0.2, 0.25) is 21.7 Å². The zero-order valence-corrected chi connectivity index (χ0v) is 18.9. The van der Waals surface area contributed by atoms with Crippen LogP contribution < -0.4 is 4.74 Å². The van der Waals surface area contributed by atoms with Crippen LogP contribution in [0.2, 0.25) is 0 Å². The first-order valence-corrected chi connectivity index (χ1v) is 12.3. The Balaban J connectivity index is 1.31. The lowest BCUT2D eigenvalue weighted by atomic mass is 9.90. The molecule has 0 spiro atoms.